The van der Waals surface area contributed by atoms with Crippen LogP contribution in [-0.4, -0.2) is 47.0 Å². The van der Waals surface area contributed by atoms with Crippen LogP contribution in [0.2, 0.25) is 0 Å². The number of hydrogen-bond donors (Lipinski definition) is 2. The first-order chi connectivity index (χ1) is 13.0. The lowest BCUT2D eigenvalue weighted by Crippen LogP contribution is -2.21. The highest BCUT2D eigenvalue weighted by atomic mass is 79.9. The molecule has 0 atom stereocenters. The smallest absolute Gasteiger partial charge is 0.225 e. The van der Waals surface area contributed by atoms with E-state index < -0.39 is 0 Å². The molecule has 0 amide bonds. The van der Waals surface area contributed by atoms with Crippen molar-refractivity contribution >= 4 is 33.4 Å². The number of nitrogens with zero attached hydrogens (tertiary/aromatic N) is 4. The first-order valence-electron chi connectivity index (χ1n) is 8.74. The zero-order valence-corrected chi connectivity index (χ0v) is 17.3. The van der Waals surface area contributed by atoms with Gasteiger partial charge in [0.05, 0.1) is 11.4 Å². The summed E-state index contributed by atoms with van der Waals surface area (Å²) in [6.45, 7) is 3.71. The average Bonchev–Trinajstić information content (AvgIpc) is 2.66. The van der Waals surface area contributed by atoms with E-state index in [0.29, 0.717) is 5.95 Å². The first kappa shape index (κ1) is 19.3. The molecule has 0 radical (unpaired) electrons. The summed E-state index contributed by atoms with van der Waals surface area (Å²) in [6.07, 6.45) is 1.77. The van der Waals surface area contributed by atoms with Crippen LogP contribution in [0.15, 0.2) is 53.1 Å². The number of pyridine rings is 1. The van der Waals surface area contributed by atoms with E-state index in [2.05, 4.69) is 53.3 Å². The topological polar surface area (TPSA) is 66.0 Å². The van der Waals surface area contributed by atoms with E-state index in [0.717, 1.165) is 46.0 Å². The van der Waals surface area contributed by atoms with Crippen LogP contribution >= 0.6 is 15.9 Å². The number of nitrogens with one attached hydrogen (secondary N) is 2. The number of halogens is 1. The molecule has 0 fully saturated rings. The molecule has 7 heteroatoms. The van der Waals surface area contributed by atoms with Crippen molar-refractivity contribution in [1.82, 2.24) is 19.9 Å². The van der Waals surface area contributed by atoms with Crippen molar-refractivity contribution in [3.05, 3.63) is 58.7 Å². The van der Waals surface area contributed by atoms with E-state index in [9.17, 15) is 0 Å². The Morgan fingerprint density at radius 1 is 1.04 bits per heavy atom. The SMILES string of the molecule is Cc1c(Br)cccc1Nc1cc(-c2ccccn2)nc(NCCN(C)C)n1. The van der Waals surface area contributed by atoms with E-state index in [1.807, 2.05) is 56.6 Å². The fraction of sp³-hybridized carbons (Fsp3) is 0.250. The fourth-order valence-corrected chi connectivity index (χ4v) is 2.87. The monoisotopic (exact) mass is 426 g/mol. The number of rotatable bonds is 7. The van der Waals surface area contributed by atoms with Crippen LogP contribution in [0, 0.1) is 6.92 Å². The predicted molar refractivity (Wildman–Crippen MR) is 114 cm³/mol. The summed E-state index contributed by atoms with van der Waals surface area (Å²) in [5, 5.41) is 6.70. The second-order valence-electron chi connectivity index (χ2n) is 6.44. The summed E-state index contributed by atoms with van der Waals surface area (Å²) in [5.41, 5.74) is 3.70. The Labute approximate surface area is 168 Å². The molecule has 6 nitrogen and oxygen atoms in total. The number of anilines is 3. The largest absolute Gasteiger partial charge is 0.353 e. The minimum atomic E-state index is 0.579. The highest BCUT2D eigenvalue weighted by Gasteiger charge is 2.10. The standard InChI is InChI=1S/C20H23BrN6/c1-14-15(21)7-6-9-16(14)24-19-13-18(17-8-4-5-10-22-17)25-20(26-19)23-11-12-27(2)3/h4-10,13H,11-12H2,1-3H3,(H2,23,24,25,26). The first-order valence-corrected chi connectivity index (χ1v) is 9.53. The van der Waals surface area contributed by atoms with E-state index in [-0.39, 0.29) is 0 Å². The van der Waals surface area contributed by atoms with Crippen molar-refractivity contribution in [2.24, 2.45) is 0 Å². The van der Waals surface area contributed by atoms with Gasteiger partial charge in [0.1, 0.15) is 5.82 Å². The third kappa shape index (κ3) is 5.24. The van der Waals surface area contributed by atoms with Crippen LogP contribution in [0.4, 0.5) is 17.5 Å². The maximum atomic E-state index is 4.63. The van der Waals surface area contributed by atoms with Gasteiger partial charge >= 0.3 is 0 Å². The van der Waals surface area contributed by atoms with Gasteiger partial charge in [0.2, 0.25) is 5.95 Å². The number of hydrogen-bond acceptors (Lipinski definition) is 6. The van der Waals surface area contributed by atoms with Gasteiger partial charge < -0.3 is 15.5 Å². The molecule has 2 N–H and O–H groups in total. The van der Waals surface area contributed by atoms with Crippen molar-refractivity contribution < 1.29 is 0 Å². The molecule has 140 valence electrons. The van der Waals surface area contributed by atoms with Crippen LogP contribution in [0.25, 0.3) is 11.4 Å². The zero-order valence-electron chi connectivity index (χ0n) is 15.7. The average molecular weight is 427 g/mol. The van der Waals surface area contributed by atoms with Gasteiger partial charge in [-0.2, -0.15) is 4.98 Å². The van der Waals surface area contributed by atoms with Gasteiger partial charge in [-0.1, -0.05) is 28.1 Å². The molecule has 0 bridgehead atoms. The third-order valence-electron chi connectivity index (χ3n) is 4.03. The zero-order chi connectivity index (χ0) is 19.2. The molecule has 0 aliphatic rings. The summed E-state index contributed by atoms with van der Waals surface area (Å²) < 4.78 is 1.05. The molecule has 27 heavy (non-hydrogen) atoms. The number of benzene rings is 1. The molecule has 0 spiro atoms. The molecule has 2 aromatic heterocycles. The van der Waals surface area contributed by atoms with E-state index in [4.69, 9.17) is 0 Å². The Hall–Kier alpha value is -2.51. The molecular weight excluding hydrogens is 404 g/mol. The number of aromatic nitrogens is 3. The molecule has 3 aromatic rings. The van der Waals surface area contributed by atoms with Gasteiger partial charge in [0, 0.05) is 35.5 Å². The predicted octanol–water partition coefficient (Wildman–Crippen LogP) is 4.33. The van der Waals surface area contributed by atoms with Gasteiger partial charge in [-0.05, 0) is 50.8 Å². The van der Waals surface area contributed by atoms with E-state index in [1.165, 1.54) is 0 Å². The molecule has 0 saturated heterocycles. The molecule has 3 rings (SSSR count). The van der Waals surface area contributed by atoms with Gasteiger partial charge in [0.25, 0.3) is 0 Å². The fourth-order valence-electron chi connectivity index (χ4n) is 2.51. The van der Waals surface area contributed by atoms with Crippen molar-refractivity contribution in [1.29, 1.82) is 0 Å². The summed E-state index contributed by atoms with van der Waals surface area (Å²) in [4.78, 5) is 15.8. The van der Waals surface area contributed by atoms with Crippen molar-refractivity contribution in [2.75, 3.05) is 37.8 Å². The van der Waals surface area contributed by atoms with Crippen molar-refractivity contribution in [3.63, 3.8) is 0 Å². The Morgan fingerprint density at radius 2 is 1.89 bits per heavy atom. The highest BCUT2D eigenvalue weighted by Crippen LogP contribution is 2.27. The molecule has 0 aliphatic heterocycles. The lowest BCUT2D eigenvalue weighted by atomic mass is 10.2. The van der Waals surface area contributed by atoms with Crippen LogP contribution < -0.4 is 10.6 Å². The quantitative estimate of drug-likeness (QED) is 0.585. The summed E-state index contributed by atoms with van der Waals surface area (Å²) in [6, 6.07) is 13.8. The summed E-state index contributed by atoms with van der Waals surface area (Å²) in [7, 11) is 4.08. The lowest BCUT2D eigenvalue weighted by Gasteiger charge is -2.14. The van der Waals surface area contributed by atoms with Crippen LogP contribution in [0.3, 0.4) is 0 Å². The molecule has 0 unspecified atom stereocenters. The molecule has 0 saturated carbocycles. The highest BCUT2D eigenvalue weighted by molar-refractivity contribution is 9.10. The second kappa shape index (κ2) is 8.92. The van der Waals surface area contributed by atoms with E-state index in [1.54, 1.807) is 6.20 Å². The third-order valence-corrected chi connectivity index (χ3v) is 4.89. The van der Waals surface area contributed by atoms with Crippen molar-refractivity contribution in [2.45, 2.75) is 6.92 Å². The summed E-state index contributed by atoms with van der Waals surface area (Å²) in [5.74, 6) is 1.30. The van der Waals surface area contributed by atoms with Gasteiger partial charge in [-0.25, -0.2) is 4.98 Å². The van der Waals surface area contributed by atoms with Gasteiger partial charge in [-0.3, -0.25) is 4.98 Å². The molecule has 2 heterocycles. The normalized spacial score (nSPS) is 10.9. The molecule has 1 aromatic carbocycles. The molecule has 0 aliphatic carbocycles. The van der Waals surface area contributed by atoms with Crippen LogP contribution in [-0.2, 0) is 0 Å². The van der Waals surface area contributed by atoms with Crippen LogP contribution in [0.5, 0.6) is 0 Å². The Kier molecular flexibility index (Phi) is 6.36. The minimum Gasteiger partial charge on any atom is -0.353 e. The second-order valence-corrected chi connectivity index (χ2v) is 7.30. The van der Waals surface area contributed by atoms with Crippen molar-refractivity contribution in [3.8, 4) is 11.4 Å². The van der Waals surface area contributed by atoms with Crippen LogP contribution in [0.1, 0.15) is 5.56 Å². The summed E-state index contributed by atoms with van der Waals surface area (Å²) >= 11 is 3.57. The van der Waals surface area contributed by atoms with Gasteiger partial charge in [-0.15, -0.1) is 0 Å². The Morgan fingerprint density at radius 3 is 2.63 bits per heavy atom. The van der Waals surface area contributed by atoms with Gasteiger partial charge in [0.15, 0.2) is 0 Å². The van der Waals surface area contributed by atoms with E-state index >= 15 is 0 Å². The Balaban J connectivity index is 1.92. The minimum absolute atomic E-state index is 0.579. The number of likely N-dealkylation sites (N-methyl/N-ethyl adjacent to an activating group) is 1. The lowest BCUT2D eigenvalue weighted by molar-refractivity contribution is 0.425. The molecular formula is C20H23BrN6. The maximum Gasteiger partial charge on any atom is 0.225 e. The maximum absolute atomic E-state index is 4.63. The Bertz CT molecular complexity index is 898.